The van der Waals surface area contributed by atoms with Gasteiger partial charge in [-0.15, -0.1) is 11.3 Å². The zero-order valence-electron chi connectivity index (χ0n) is 27.8. The van der Waals surface area contributed by atoms with Crippen molar-refractivity contribution in [2.24, 2.45) is 0 Å². The minimum atomic E-state index is 0.603. The summed E-state index contributed by atoms with van der Waals surface area (Å²) in [6.07, 6.45) is 0. The minimum absolute atomic E-state index is 0.603. The number of thiophene rings is 1. The zero-order chi connectivity index (χ0) is 34.2. The second kappa shape index (κ2) is 11.4. The fraction of sp³-hybridized carbons (Fsp3) is 0. The van der Waals surface area contributed by atoms with Crippen molar-refractivity contribution in [1.82, 2.24) is 4.98 Å². The Morgan fingerprint density at radius 2 is 1.10 bits per heavy atom. The lowest BCUT2D eigenvalue weighted by atomic mass is 10.00. The molecule has 0 N–H and O–H groups in total. The van der Waals surface area contributed by atoms with E-state index < -0.39 is 0 Å². The Kier molecular flexibility index (Phi) is 6.39. The van der Waals surface area contributed by atoms with Crippen LogP contribution in [0.25, 0.3) is 86.6 Å². The van der Waals surface area contributed by atoms with Gasteiger partial charge >= 0.3 is 0 Å². The maximum atomic E-state index is 6.79. The zero-order valence-corrected chi connectivity index (χ0v) is 28.6. The molecule has 0 atom stereocenters. The topological polar surface area (TPSA) is 42.4 Å². The molecule has 5 heteroatoms. The van der Waals surface area contributed by atoms with Crippen LogP contribution in [-0.2, 0) is 0 Å². The third-order valence-corrected chi connectivity index (χ3v) is 11.2. The molecule has 0 aliphatic heterocycles. The van der Waals surface area contributed by atoms with Gasteiger partial charge < -0.3 is 13.7 Å². The number of oxazole rings is 1. The van der Waals surface area contributed by atoms with E-state index in [4.69, 9.17) is 13.8 Å². The normalized spacial score (nSPS) is 11.8. The van der Waals surface area contributed by atoms with E-state index in [1.165, 1.54) is 31.3 Å². The third-order valence-electron chi connectivity index (χ3n) is 10.1. The Morgan fingerprint density at radius 3 is 1.96 bits per heavy atom. The molecule has 0 radical (unpaired) electrons. The first kappa shape index (κ1) is 29.1. The molecule has 0 aliphatic rings. The molecule has 0 bridgehead atoms. The van der Waals surface area contributed by atoms with Gasteiger partial charge in [-0.1, -0.05) is 97.1 Å². The number of hydrogen-bond donors (Lipinski definition) is 0. The number of hydrogen-bond acceptors (Lipinski definition) is 5. The molecule has 0 spiro atoms. The van der Waals surface area contributed by atoms with E-state index in [-0.39, 0.29) is 0 Å². The second-order valence-corrected chi connectivity index (χ2v) is 14.2. The smallest absolute Gasteiger partial charge is 0.227 e. The van der Waals surface area contributed by atoms with Gasteiger partial charge in [-0.05, 0) is 83.2 Å². The molecule has 0 saturated heterocycles. The number of fused-ring (bicyclic) bond motifs is 9. The summed E-state index contributed by atoms with van der Waals surface area (Å²) in [4.78, 5) is 7.20. The molecule has 0 aliphatic carbocycles. The average molecular weight is 685 g/mol. The predicted molar refractivity (Wildman–Crippen MR) is 217 cm³/mol. The van der Waals surface area contributed by atoms with Gasteiger partial charge in [0.05, 0.1) is 0 Å². The molecule has 11 aromatic rings. The molecule has 244 valence electrons. The van der Waals surface area contributed by atoms with Crippen molar-refractivity contribution in [2.75, 3.05) is 4.90 Å². The van der Waals surface area contributed by atoms with E-state index in [0.717, 1.165) is 66.4 Å². The van der Waals surface area contributed by atoms with Gasteiger partial charge in [0.2, 0.25) is 5.89 Å². The lowest BCUT2D eigenvalue weighted by Gasteiger charge is -2.26. The van der Waals surface area contributed by atoms with E-state index in [2.05, 4.69) is 150 Å². The van der Waals surface area contributed by atoms with E-state index in [0.29, 0.717) is 5.89 Å². The van der Waals surface area contributed by atoms with Gasteiger partial charge in [-0.3, -0.25) is 0 Å². The molecule has 4 nitrogen and oxygen atoms in total. The molecule has 0 fully saturated rings. The van der Waals surface area contributed by atoms with Crippen molar-refractivity contribution in [3.8, 4) is 22.6 Å². The van der Waals surface area contributed by atoms with E-state index in [1.54, 1.807) is 0 Å². The van der Waals surface area contributed by atoms with Crippen LogP contribution in [0.2, 0.25) is 0 Å². The summed E-state index contributed by atoms with van der Waals surface area (Å²) < 4.78 is 15.7. The van der Waals surface area contributed by atoms with Crippen molar-refractivity contribution in [3.63, 3.8) is 0 Å². The lowest BCUT2D eigenvalue weighted by molar-refractivity contribution is 0.620. The van der Waals surface area contributed by atoms with Crippen LogP contribution < -0.4 is 4.90 Å². The fourth-order valence-corrected chi connectivity index (χ4v) is 8.71. The summed E-state index contributed by atoms with van der Waals surface area (Å²) in [7, 11) is 0. The summed E-state index contributed by atoms with van der Waals surface area (Å²) in [5.74, 6) is 0.603. The summed E-state index contributed by atoms with van der Waals surface area (Å²) in [5, 5.41) is 6.67. The summed E-state index contributed by atoms with van der Waals surface area (Å²) in [5.41, 5.74) is 9.78. The highest BCUT2D eigenvalue weighted by Crippen LogP contribution is 2.44. The molecule has 0 amide bonds. The first-order valence-corrected chi connectivity index (χ1v) is 18.2. The molecule has 0 unspecified atom stereocenters. The Balaban J connectivity index is 1.10. The molecular formula is C47H28N2O2S. The number of anilines is 3. The first-order chi connectivity index (χ1) is 25.7. The van der Waals surface area contributed by atoms with Gasteiger partial charge in [0, 0.05) is 65.0 Å². The molecule has 11 rings (SSSR count). The van der Waals surface area contributed by atoms with Crippen LogP contribution >= 0.6 is 11.3 Å². The first-order valence-electron chi connectivity index (χ1n) is 17.4. The van der Waals surface area contributed by atoms with Crippen molar-refractivity contribution >= 4 is 92.4 Å². The van der Waals surface area contributed by atoms with Crippen molar-refractivity contribution < 1.29 is 8.83 Å². The third kappa shape index (κ3) is 4.57. The molecular weight excluding hydrogens is 657 g/mol. The SMILES string of the molecule is c1ccc(-c2ccc(N(c3ccc4c(c3)oc3c5ccccc5c(-c5nc6ccccc6o5)cc43)c3ccc4sc5ccccc5c4c3)cc2)cc1. The van der Waals surface area contributed by atoms with Crippen molar-refractivity contribution in [2.45, 2.75) is 0 Å². The van der Waals surface area contributed by atoms with E-state index >= 15 is 0 Å². The Morgan fingerprint density at radius 1 is 0.423 bits per heavy atom. The highest BCUT2D eigenvalue weighted by molar-refractivity contribution is 7.25. The second-order valence-electron chi connectivity index (χ2n) is 13.1. The Bertz CT molecular complexity index is 3100. The van der Waals surface area contributed by atoms with Gasteiger partial charge in [0.15, 0.2) is 5.58 Å². The fourth-order valence-electron chi connectivity index (χ4n) is 7.62. The maximum Gasteiger partial charge on any atom is 0.227 e. The van der Waals surface area contributed by atoms with E-state index in [1.807, 2.05) is 35.6 Å². The highest BCUT2D eigenvalue weighted by atomic mass is 32.1. The largest absolute Gasteiger partial charge is 0.455 e. The van der Waals surface area contributed by atoms with Gasteiger partial charge in [-0.25, -0.2) is 4.98 Å². The van der Waals surface area contributed by atoms with E-state index in [9.17, 15) is 0 Å². The standard InChI is InChI=1S/C47H28N2O2S/c1-2-10-29(11-3-1)30-18-20-31(21-19-30)49(32-23-25-45-38(26-32)36-13-6-9-17-44(36)52-45)33-22-24-35-39-28-40(47-48-41-15-7-8-16-42(41)51-47)34-12-4-5-14-37(34)46(39)50-43(35)27-33/h1-28H. The molecule has 0 saturated carbocycles. The van der Waals surface area contributed by atoms with Crippen LogP contribution in [0.3, 0.4) is 0 Å². The quantitative estimate of drug-likeness (QED) is 0.181. The minimum Gasteiger partial charge on any atom is -0.455 e. The van der Waals surface area contributed by atoms with Crippen LogP contribution in [0.5, 0.6) is 0 Å². The van der Waals surface area contributed by atoms with Crippen LogP contribution in [0.15, 0.2) is 179 Å². The highest BCUT2D eigenvalue weighted by Gasteiger charge is 2.21. The van der Waals surface area contributed by atoms with Crippen molar-refractivity contribution in [3.05, 3.63) is 170 Å². The molecule has 3 aromatic heterocycles. The summed E-state index contributed by atoms with van der Waals surface area (Å²) in [6.45, 7) is 0. The summed E-state index contributed by atoms with van der Waals surface area (Å²) >= 11 is 1.83. The van der Waals surface area contributed by atoms with Crippen molar-refractivity contribution in [1.29, 1.82) is 0 Å². The van der Waals surface area contributed by atoms with Gasteiger partial charge in [0.1, 0.15) is 16.7 Å². The maximum absolute atomic E-state index is 6.79. The predicted octanol–water partition coefficient (Wildman–Crippen LogP) is 14.1. The Labute approximate surface area is 302 Å². The molecule has 3 heterocycles. The summed E-state index contributed by atoms with van der Waals surface area (Å²) in [6, 6.07) is 59.8. The number of aromatic nitrogens is 1. The monoisotopic (exact) mass is 684 g/mol. The van der Waals surface area contributed by atoms with Crippen LogP contribution in [0, 0.1) is 0 Å². The Hall–Kier alpha value is -6.69. The van der Waals surface area contributed by atoms with Gasteiger partial charge in [0.25, 0.3) is 0 Å². The van der Waals surface area contributed by atoms with Crippen LogP contribution in [-0.4, -0.2) is 4.98 Å². The molecule has 52 heavy (non-hydrogen) atoms. The number of nitrogens with zero attached hydrogens (tertiary/aromatic N) is 2. The van der Waals surface area contributed by atoms with Crippen LogP contribution in [0.4, 0.5) is 17.1 Å². The van der Waals surface area contributed by atoms with Crippen LogP contribution in [0.1, 0.15) is 0 Å². The number of furan rings is 1. The number of benzene rings is 8. The van der Waals surface area contributed by atoms with Gasteiger partial charge in [-0.2, -0.15) is 0 Å². The lowest BCUT2D eigenvalue weighted by Crippen LogP contribution is -2.09. The molecule has 8 aromatic carbocycles. The number of para-hydroxylation sites is 2. The average Bonchev–Trinajstić information content (AvgIpc) is 3.91. The number of rotatable bonds is 5.